The molecule has 0 aromatic heterocycles. The SMILES string of the molecule is CN(C)c1ccc(CNc2ccc(N(C)C)c(Cl)c2)cc1. The minimum atomic E-state index is 0.757. The molecular formula is C17H22ClN3. The van der Waals surface area contributed by atoms with Crippen molar-refractivity contribution in [1.29, 1.82) is 0 Å². The maximum Gasteiger partial charge on any atom is 0.0659 e. The third-order valence-corrected chi connectivity index (χ3v) is 3.68. The van der Waals surface area contributed by atoms with Crippen LogP contribution in [0.15, 0.2) is 42.5 Å². The van der Waals surface area contributed by atoms with Gasteiger partial charge in [0.1, 0.15) is 0 Å². The Bertz CT molecular complexity index is 591. The first-order valence-electron chi connectivity index (χ1n) is 6.94. The quantitative estimate of drug-likeness (QED) is 0.898. The lowest BCUT2D eigenvalue weighted by Gasteiger charge is -2.16. The highest BCUT2D eigenvalue weighted by atomic mass is 35.5. The highest BCUT2D eigenvalue weighted by Gasteiger charge is 2.03. The van der Waals surface area contributed by atoms with Crippen LogP contribution in [0.5, 0.6) is 0 Å². The minimum absolute atomic E-state index is 0.757. The summed E-state index contributed by atoms with van der Waals surface area (Å²) in [4.78, 5) is 4.10. The van der Waals surface area contributed by atoms with Gasteiger partial charge in [-0.25, -0.2) is 0 Å². The molecule has 0 heterocycles. The van der Waals surface area contributed by atoms with E-state index in [-0.39, 0.29) is 0 Å². The number of benzene rings is 2. The van der Waals surface area contributed by atoms with Crippen LogP contribution in [0.25, 0.3) is 0 Å². The fourth-order valence-corrected chi connectivity index (χ4v) is 2.45. The summed E-state index contributed by atoms with van der Waals surface area (Å²) in [5.74, 6) is 0. The first-order chi connectivity index (χ1) is 9.97. The molecule has 0 radical (unpaired) electrons. The van der Waals surface area contributed by atoms with E-state index in [0.717, 1.165) is 22.9 Å². The van der Waals surface area contributed by atoms with Crippen LogP contribution < -0.4 is 15.1 Å². The van der Waals surface area contributed by atoms with Gasteiger partial charge in [0, 0.05) is 46.1 Å². The molecule has 21 heavy (non-hydrogen) atoms. The third kappa shape index (κ3) is 4.05. The smallest absolute Gasteiger partial charge is 0.0659 e. The molecule has 1 N–H and O–H groups in total. The van der Waals surface area contributed by atoms with Crippen molar-refractivity contribution in [1.82, 2.24) is 0 Å². The van der Waals surface area contributed by atoms with Gasteiger partial charge >= 0.3 is 0 Å². The second kappa shape index (κ2) is 6.72. The second-order valence-electron chi connectivity index (χ2n) is 5.48. The van der Waals surface area contributed by atoms with Crippen molar-refractivity contribution in [3.8, 4) is 0 Å². The lowest BCUT2D eigenvalue weighted by atomic mass is 10.2. The van der Waals surface area contributed by atoms with E-state index in [1.165, 1.54) is 11.3 Å². The molecule has 0 fully saturated rings. The topological polar surface area (TPSA) is 18.5 Å². The average Bonchev–Trinajstić information content (AvgIpc) is 2.45. The van der Waals surface area contributed by atoms with Crippen LogP contribution in [-0.2, 0) is 6.54 Å². The third-order valence-electron chi connectivity index (χ3n) is 3.38. The number of hydrogen-bond donors (Lipinski definition) is 1. The molecule has 0 saturated carbocycles. The lowest BCUT2D eigenvalue weighted by Crippen LogP contribution is -2.09. The van der Waals surface area contributed by atoms with Crippen LogP contribution in [0.3, 0.4) is 0 Å². The fraction of sp³-hybridized carbons (Fsp3) is 0.294. The molecule has 0 spiro atoms. The van der Waals surface area contributed by atoms with Crippen LogP contribution in [0.1, 0.15) is 5.56 Å². The first-order valence-corrected chi connectivity index (χ1v) is 7.32. The largest absolute Gasteiger partial charge is 0.381 e. The van der Waals surface area contributed by atoms with Gasteiger partial charge in [0.25, 0.3) is 0 Å². The van der Waals surface area contributed by atoms with Crippen molar-refractivity contribution in [2.75, 3.05) is 43.3 Å². The normalized spacial score (nSPS) is 10.3. The lowest BCUT2D eigenvalue weighted by molar-refractivity contribution is 1.11. The number of nitrogens with one attached hydrogen (secondary N) is 1. The van der Waals surface area contributed by atoms with Crippen molar-refractivity contribution in [3.63, 3.8) is 0 Å². The number of anilines is 3. The number of halogens is 1. The van der Waals surface area contributed by atoms with E-state index in [4.69, 9.17) is 11.6 Å². The molecule has 2 aromatic carbocycles. The first kappa shape index (κ1) is 15.5. The van der Waals surface area contributed by atoms with E-state index in [1.807, 2.05) is 45.2 Å². The maximum absolute atomic E-state index is 6.27. The summed E-state index contributed by atoms with van der Waals surface area (Å²) < 4.78 is 0. The Morgan fingerprint density at radius 1 is 0.905 bits per heavy atom. The van der Waals surface area contributed by atoms with Crippen LogP contribution in [0.2, 0.25) is 5.02 Å². The fourth-order valence-electron chi connectivity index (χ4n) is 2.10. The van der Waals surface area contributed by atoms with E-state index in [0.29, 0.717) is 0 Å². The molecule has 0 aliphatic heterocycles. The molecule has 0 bridgehead atoms. The zero-order valence-corrected chi connectivity index (χ0v) is 13.8. The van der Waals surface area contributed by atoms with Crippen molar-refractivity contribution < 1.29 is 0 Å². The number of rotatable bonds is 5. The van der Waals surface area contributed by atoms with Gasteiger partial charge in [-0.05, 0) is 35.9 Å². The van der Waals surface area contributed by atoms with Gasteiger partial charge in [0.2, 0.25) is 0 Å². The van der Waals surface area contributed by atoms with Crippen LogP contribution >= 0.6 is 11.6 Å². The summed E-state index contributed by atoms with van der Waals surface area (Å²) in [5, 5.41) is 4.16. The molecule has 0 unspecified atom stereocenters. The molecule has 0 saturated heterocycles. The Morgan fingerprint density at radius 3 is 2.10 bits per heavy atom. The maximum atomic E-state index is 6.27. The predicted molar refractivity (Wildman–Crippen MR) is 93.9 cm³/mol. The average molecular weight is 304 g/mol. The van der Waals surface area contributed by atoms with Crippen molar-refractivity contribution in [3.05, 3.63) is 53.1 Å². The molecule has 4 heteroatoms. The Balaban J connectivity index is 2.01. The molecule has 0 amide bonds. The van der Waals surface area contributed by atoms with Gasteiger partial charge in [0.05, 0.1) is 10.7 Å². The predicted octanol–water partition coefficient (Wildman–Crippen LogP) is 4.08. The highest BCUT2D eigenvalue weighted by Crippen LogP contribution is 2.27. The van der Waals surface area contributed by atoms with E-state index < -0.39 is 0 Å². The van der Waals surface area contributed by atoms with Crippen molar-refractivity contribution in [2.24, 2.45) is 0 Å². The van der Waals surface area contributed by atoms with E-state index >= 15 is 0 Å². The summed E-state index contributed by atoms with van der Waals surface area (Å²) >= 11 is 6.27. The zero-order chi connectivity index (χ0) is 15.4. The van der Waals surface area contributed by atoms with Crippen molar-refractivity contribution >= 4 is 28.7 Å². The molecular weight excluding hydrogens is 282 g/mol. The van der Waals surface area contributed by atoms with E-state index in [2.05, 4.69) is 40.5 Å². The second-order valence-corrected chi connectivity index (χ2v) is 5.88. The number of nitrogens with zero attached hydrogens (tertiary/aromatic N) is 2. The van der Waals surface area contributed by atoms with Gasteiger partial charge in [-0.1, -0.05) is 23.7 Å². The summed E-state index contributed by atoms with van der Waals surface area (Å²) in [6, 6.07) is 14.6. The Kier molecular flexibility index (Phi) is 4.97. The Hall–Kier alpha value is -1.87. The van der Waals surface area contributed by atoms with Crippen molar-refractivity contribution in [2.45, 2.75) is 6.54 Å². The monoisotopic (exact) mass is 303 g/mol. The van der Waals surface area contributed by atoms with Gasteiger partial charge in [-0.3, -0.25) is 0 Å². The standard InChI is InChI=1S/C17H22ClN3/c1-20(2)15-8-5-13(6-9-15)12-19-14-7-10-17(21(3)4)16(18)11-14/h5-11,19H,12H2,1-4H3. The summed E-state index contributed by atoms with van der Waals surface area (Å²) in [5.41, 5.74) is 4.50. The van der Waals surface area contributed by atoms with Gasteiger partial charge < -0.3 is 15.1 Å². The molecule has 3 nitrogen and oxygen atoms in total. The van der Waals surface area contributed by atoms with Crippen LogP contribution in [-0.4, -0.2) is 28.2 Å². The van der Waals surface area contributed by atoms with Crippen LogP contribution in [0, 0.1) is 0 Å². The number of hydrogen-bond acceptors (Lipinski definition) is 3. The summed E-state index contributed by atoms with van der Waals surface area (Å²) in [6.07, 6.45) is 0. The van der Waals surface area contributed by atoms with Gasteiger partial charge in [0.15, 0.2) is 0 Å². The van der Waals surface area contributed by atoms with Crippen LogP contribution in [0.4, 0.5) is 17.1 Å². The zero-order valence-electron chi connectivity index (χ0n) is 13.0. The highest BCUT2D eigenvalue weighted by molar-refractivity contribution is 6.33. The van der Waals surface area contributed by atoms with Gasteiger partial charge in [-0.15, -0.1) is 0 Å². The van der Waals surface area contributed by atoms with E-state index in [9.17, 15) is 0 Å². The van der Waals surface area contributed by atoms with E-state index in [1.54, 1.807) is 0 Å². The van der Waals surface area contributed by atoms with Gasteiger partial charge in [-0.2, -0.15) is 0 Å². The Labute approximate surface area is 132 Å². The molecule has 2 rings (SSSR count). The molecule has 0 aliphatic carbocycles. The summed E-state index contributed by atoms with van der Waals surface area (Å²) in [7, 11) is 8.06. The minimum Gasteiger partial charge on any atom is -0.381 e. The molecule has 0 aliphatic rings. The molecule has 2 aromatic rings. The summed E-state index contributed by atoms with van der Waals surface area (Å²) in [6.45, 7) is 0.783. The molecule has 112 valence electrons. The Morgan fingerprint density at radius 2 is 1.57 bits per heavy atom. The molecule has 0 atom stereocenters.